The predicted molar refractivity (Wildman–Crippen MR) is 82.7 cm³/mol. The molecule has 0 radical (unpaired) electrons. The first-order valence-electron chi connectivity index (χ1n) is 6.19. The number of nitrogens with zero attached hydrogens (tertiary/aromatic N) is 2. The molecule has 2 rings (SSSR count). The van der Waals surface area contributed by atoms with Crippen LogP contribution in [0.2, 0.25) is 0 Å². The Morgan fingerprint density at radius 3 is 2.47 bits per heavy atom. The van der Waals surface area contributed by atoms with Gasteiger partial charge in [-0.15, -0.1) is 0 Å². The Labute approximate surface area is 122 Å². The van der Waals surface area contributed by atoms with Gasteiger partial charge in [0.05, 0.1) is 5.56 Å². The fraction of sp³-hybridized carbons (Fsp3) is 0.188. The van der Waals surface area contributed by atoms with Gasteiger partial charge in [0.1, 0.15) is 6.07 Å². The molecule has 0 spiro atoms. The van der Waals surface area contributed by atoms with Crippen molar-refractivity contribution in [2.75, 3.05) is 11.4 Å². The molecule has 0 amide bonds. The summed E-state index contributed by atoms with van der Waals surface area (Å²) in [5, 5.41) is 8.96. The van der Waals surface area contributed by atoms with Crippen molar-refractivity contribution in [3.05, 3.63) is 58.1 Å². The van der Waals surface area contributed by atoms with Gasteiger partial charge in [-0.05, 0) is 65.7 Å². The monoisotopic (exact) mass is 314 g/mol. The van der Waals surface area contributed by atoms with Gasteiger partial charge in [-0.3, -0.25) is 0 Å². The Morgan fingerprint density at radius 2 is 1.89 bits per heavy atom. The van der Waals surface area contributed by atoms with Crippen LogP contribution in [-0.2, 0) is 0 Å². The molecule has 0 aliphatic carbocycles. The molecule has 2 aromatic carbocycles. The van der Waals surface area contributed by atoms with Crippen molar-refractivity contribution in [3.63, 3.8) is 0 Å². The van der Waals surface area contributed by atoms with Crippen molar-refractivity contribution in [3.8, 4) is 6.07 Å². The molecule has 0 N–H and O–H groups in total. The minimum absolute atomic E-state index is 0.657. The summed E-state index contributed by atoms with van der Waals surface area (Å²) in [6.07, 6.45) is 0. The second-order valence-corrected chi connectivity index (χ2v) is 5.21. The number of aryl methyl sites for hydroxylation is 1. The summed E-state index contributed by atoms with van der Waals surface area (Å²) in [5.74, 6) is 0. The van der Waals surface area contributed by atoms with E-state index < -0.39 is 0 Å². The quantitative estimate of drug-likeness (QED) is 0.814. The Balaban J connectivity index is 2.43. The number of hydrogen-bond donors (Lipinski definition) is 0. The van der Waals surface area contributed by atoms with Gasteiger partial charge in [0.25, 0.3) is 0 Å². The lowest BCUT2D eigenvalue weighted by atomic mass is 10.1. The number of halogens is 1. The van der Waals surface area contributed by atoms with E-state index >= 15 is 0 Å². The molecule has 0 saturated carbocycles. The Kier molecular flexibility index (Phi) is 4.24. The van der Waals surface area contributed by atoms with Crippen LogP contribution in [0.4, 0.5) is 11.4 Å². The highest BCUT2D eigenvalue weighted by Gasteiger charge is 2.09. The van der Waals surface area contributed by atoms with E-state index in [0.29, 0.717) is 5.56 Å². The van der Waals surface area contributed by atoms with Crippen molar-refractivity contribution >= 4 is 27.3 Å². The maximum Gasteiger partial charge on any atom is 0.100 e. The van der Waals surface area contributed by atoms with Crippen LogP contribution in [0.25, 0.3) is 0 Å². The first kappa shape index (κ1) is 13.6. The summed E-state index contributed by atoms with van der Waals surface area (Å²) in [6, 6.07) is 16.4. The maximum atomic E-state index is 8.96. The van der Waals surface area contributed by atoms with E-state index in [-0.39, 0.29) is 0 Å². The fourth-order valence-corrected chi connectivity index (χ4v) is 2.53. The van der Waals surface area contributed by atoms with E-state index in [1.807, 2.05) is 18.2 Å². The molecule has 0 unspecified atom stereocenters. The van der Waals surface area contributed by atoms with E-state index in [0.717, 1.165) is 16.7 Å². The first-order chi connectivity index (χ1) is 9.15. The first-order valence-corrected chi connectivity index (χ1v) is 6.99. The summed E-state index contributed by atoms with van der Waals surface area (Å²) >= 11 is 3.44. The third kappa shape index (κ3) is 2.97. The van der Waals surface area contributed by atoms with Crippen molar-refractivity contribution in [1.29, 1.82) is 5.26 Å². The Hall–Kier alpha value is -1.79. The van der Waals surface area contributed by atoms with Crippen LogP contribution in [-0.4, -0.2) is 6.54 Å². The van der Waals surface area contributed by atoms with Gasteiger partial charge in [0, 0.05) is 22.4 Å². The third-order valence-corrected chi connectivity index (χ3v) is 3.67. The highest BCUT2D eigenvalue weighted by atomic mass is 79.9. The van der Waals surface area contributed by atoms with E-state index in [4.69, 9.17) is 5.26 Å². The number of anilines is 2. The summed E-state index contributed by atoms with van der Waals surface area (Å²) in [4.78, 5) is 2.22. The highest BCUT2D eigenvalue weighted by Crippen LogP contribution is 2.29. The SMILES string of the molecule is CCN(c1cccc(C)c1)c1ccc(C#N)c(Br)c1. The lowest BCUT2D eigenvalue weighted by Gasteiger charge is -2.24. The molecule has 2 nitrogen and oxygen atoms in total. The van der Waals surface area contributed by atoms with Crippen molar-refractivity contribution in [2.24, 2.45) is 0 Å². The standard InChI is InChI=1S/C16H15BrN2/c1-3-19(14-6-4-5-12(2)9-14)15-8-7-13(11-18)16(17)10-15/h4-10H,3H2,1-2H3. The molecule has 0 aromatic heterocycles. The second-order valence-electron chi connectivity index (χ2n) is 4.36. The lowest BCUT2D eigenvalue weighted by Crippen LogP contribution is -2.16. The van der Waals surface area contributed by atoms with Gasteiger partial charge < -0.3 is 4.90 Å². The van der Waals surface area contributed by atoms with E-state index in [1.54, 1.807) is 0 Å². The lowest BCUT2D eigenvalue weighted by molar-refractivity contribution is 1.02. The average Bonchev–Trinajstić information content (AvgIpc) is 2.40. The third-order valence-electron chi connectivity index (χ3n) is 3.01. The zero-order valence-corrected chi connectivity index (χ0v) is 12.6. The second kappa shape index (κ2) is 5.90. The van der Waals surface area contributed by atoms with Crippen LogP contribution in [0.5, 0.6) is 0 Å². The van der Waals surface area contributed by atoms with Crippen molar-refractivity contribution in [1.82, 2.24) is 0 Å². The largest absolute Gasteiger partial charge is 0.342 e. The molecule has 0 atom stereocenters. The van der Waals surface area contributed by atoms with Crippen LogP contribution in [0.1, 0.15) is 18.1 Å². The van der Waals surface area contributed by atoms with Crippen LogP contribution in [0, 0.1) is 18.3 Å². The zero-order valence-electron chi connectivity index (χ0n) is 11.0. The minimum atomic E-state index is 0.657. The number of hydrogen-bond acceptors (Lipinski definition) is 2. The molecule has 0 heterocycles. The van der Waals surface area contributed by atoms with Crippen LogP contribution >= 0.6 is 15.9 Å². The van der Waals surface area contributed by atoms with Gasteiger partial charge >= 0.3 is 0 Å². The molecule has 0 aliphatic heterocycles. The molecule has 0 fully saturated rings. The summed E-state index contributed by atoms with van der Waals surface area (Å²) in [6.45, 7) is 5.09. The number of rotatable bonds is 3. The maximum absolute atomic E-state index is 8.96. The highest BCUT2D eigenvalue weighted by molar-refractivity contribution is 9.10. The molecular weight excluding hydrogens is 300 g/mol. The molecule has 2 aromatic rings. The summed E-state index contributed by atoms with van der Waals surface area (Å²) in [5.41, 5.74) is 4.14. The molecule has 19 heavy (non-hydrogen) atoms. The molecular formula is C16H15BrN2. The van der Waals surface area contributed by atoms with Crippen LogP contribution < -0.4 is 4.90 Å². The van der Waals surface area contributed by atoms with Gasteiger partial charge in [-0.1, -0.05) is 12.1 Å². The molecule has 96 valence electrons. The predicted octanol–water partition coefficient (Wildman–Crippen LogP) is 4.79. The van der Waals surface area contributed by atoms with Crippen molar-refractivity contribution in [2.45, 2.75) is 13.8 Å². The minimum Gasteiger partial charge on any atom is -0.342 e. The normalized spacial score (nSPS) is 10.0. The molecule has 0 bridgehead atoms. The Morgan fingerprint density at radius 1 is 1.16 bits per heavy atom. The van der Waals surface area contributed by atoms with Crippen molar-refractivity contribution < 1.29 is 0 Å². The summed E-state index contributed by atoms with van der Waals surface area (Å²) < 4.78 is 0.832. The van der Waals surface area contributed by atoms with Gasteiger partial charge in [0.2, 0.25) is 0 Å². The van der Waals surface area contributed by atoms with Crippen LogP contribution in [0.15, 0.2) is 46.9 Å². The summed E-state index contributed by atoms with van der Waals surface area (Å²) in [7, 11) is 0. The Bertz CT molecular complexity index is 629. The van der Waals surface area contributed by atoms with Gasteiger partial charge in [-0.2, -0.15) is 5.26 Å². The molecule has 3 heteroatoms. The molecule has 0 aliphatic rings. The zero-order chi connectivity index (χ0) is 13.8. The van der Waals surface area contributed by atoms with Crippen LogP contribution in [0.3, 0.4) is 0 Å². The average molecular weight is 315 g/mol. The number of benzene rings is 2. The molecule has 0 saturated heterocycles. The van der Waals surface area contributed by atoms with E-state index in [1.165, 1.54) is 11.3 Å². The van der Waals surface area contributed by atoms with Gasteiger partial charge in [-0.25, -0.2) is 0 Å². The van der Waals surface area contributed by atoms with E-state index in [2.05, 4.69) is 65.0 Å². The van der Waals surface area contributed by atoms with E-state index in [9.17, 15) is 0 Å². The topological polar surface area (TPSA) is 27.0 Å². The smallest absolute Gasteiger partial charge is 0.100 e. The number of nitriles is 1. The van der Waals surface area contributed by atoms with Gasteiger partial charge in [0.15, 0.2) is 0 Å². The fourth-order valence-electron chi connectivity index (χ4n) is 2.07.